The van der Waals surface area contributed by atoms with Crippen molar-refractivity contribution in [1.82, 2.24) is 5.32 Å². The number of amides is 1. The summed E-state index contributed by atoms with van der Waals surface area (Å²) in [6.45, 7) is 3.17. The van der Waals surface area contributed by atoms with Crippen molar-refractivity contribution in [2.24, 2.45) is 0 Å². The molecule has 0 saturated heterocycles. The molecule has 1 atom stereocenters. The predicted octanol–water partition coefficient (Wildman–Crippen LogP) is 2.02. The van der Waals surface area contributed by atoms with Gasteiger partial charge in [0.1, 0.15) is 0 Å². The van der Waals surface area contributed by atoms with Gasteiger partial charge in [-0.15, -0.1) is 6.58 Å². The lowest BCUT2D eigenvalue weighted by molar-refractivity contribution is -0.143. The Morgan fingerprint density at radius 3 is 2.57 bits per heavy atom. The van der Waals surface area contributed by atoms with Crippen LogP contribution >= 0.6 is 0 Å². The zero-order valence-electron chi connectivity index (χ0n) is 12.1. The number of halogens is 3. The van der Waals surface area contributed by atoms with Crippen LogP contribution < -0.4 is 5.32 Å². The first kappa shape index (κ1) is 18.7. The summed E-state index contributed by atoms with van der Waals surface area (Å²) in [5.74, 6) is -2.18. The Morgan fingerprint density at radius 1 is 1.35 bits per heavy atom. The van der Waals surface area contributed by atoms with Crippen LogP contribution in [0.15, 0.2) is 36.9 Å². The lowest BCUT2D eigenvalue weighted by Crippen LogP contribution is -2.44. The average molecular weight is 331 g/mol. The van der Waals surface area contributed by atoms with Gasteiger partial charge in [-0.2, -0.15) is 13.2 Å². The van der Waals surface area contributed by atoms with Crippen molar-refractivity contribution in [2.45, 2.75) is 18.6 Å². The SMILES string of the molecule is C=CCOCC(NC(=O)Cc1ccccc1C(F)(F)F)C(=O)O. The van der Waals surface area contributed by atoms with E-state index in [-0.39, 0.29) is 18.8 Å². The summed E-state index contributed by atoms with van der Waals surface area (Å²) in [5, 5.41) is 11.1. The van der Waals surface area contributed by atoms with Gasteiger partial charge in [0.25, 0.3) is 0 Å². The van der Waals surface area contributed by atoms with Crippen LogP contribution in [0.5, 0.6) is 0 Å². The zero-order valence-corrected chi connectivity index (χ0v) is 12.1. The van der Waals surface area contributed by atoms with E-state index in [1.807, 2.05) is 0 Å². The number of rotatable bonds is 8. The lowest BCUT2D eigenvalue weighted by Gasteiger charge is -2.16. The second-order valence-corrected chi connectivity index (χ2v) is 4.62. The molecule has 1 unspecified atom stereocenters. The quantitative estimate of drug-likeness (QED) is 0.564. The van der Waals surface area contributed by atoms with E-state index in [9.17, 15) is 22.8 Å². The molecular weight excluding hydrogens is 315 g/mol. The van der Waals surface area contributed by atoms with E-state index in [2.05, 4.69) is 11.9 Å². The standard InChI is InChI=1S/C15H16F3NO4/c1-2-7-23-9-12(14(21)22)19-13(20)8-10-5-3-4-6-11(10)15(16,17)18/h2-6,12H,1,7-9H2,(H,19,20)(H,21,22). The number of hydrogen-bond acceptors (Lipinski definition) is 3. The van der Waals surface area contributed by atoms with Crippen molar-refractivity contribution in [3.63, 3.8) is 0 Å². The molecule has 1 rings (SSSR count). The summed E-state index contributed by atoms with van der Waals surface area (Å²) >= 11 is 0. The second-order valence-electron chi connectivity index (χ2n) is 4.62. The lowest BCUT2D eigenvalue weighted by atomic mass is 10.0. The van der Waals surface area contributed by atoms with Crippen molar-refractivity contribution < 1.29 is 32.6 Å². The van der Waals surface area contributed by atoms with Crippen LogP contribution in [0.25, 0.3) is 0 Å². The molecule has 0 aliphatic rings. The Kier molecular flexibility index (Phi) is 6.77. The molecule has 0 radical (unpaired) electrons. The van der Waals surface area contributed by atoms with Crippen LogP contribution in [-0.4, -0.2) is 36.2 Å². The van der Waals surface area contributed by atoms with Crippen molar-refractivity contribution >= 4 is 11.9 Å². The minimum absolute atomic E-state index is 0.0938. The van der Waals surface area contributed by atoms with Crippen LogP contribution in [0.2, 0.25) is 0 Å². The monoisotopic (exact) mass is 331 g/mol. The number of carboxylic acids is 1. The molecule has 5 nitrogen and oxygen atoms in total. The fraction of sp³-hybridized carbons (Fsp3) is 0.333. The summed E-state index contributed by atoms with van der Waals surface area (Å²) in [7, 11) is 0. The normalized spacial score (nSPS) is 12.5. The molecule has 2 N–H and O–H groups in total. The highest BCUT2D eigenvalue weighted by molar-refractivity contribution is 5.85. The van der Waals surface area contributed by atoms with E-state index in [1.54, 1.807) is 0 Å². The Bertz CT molecular complexity index is 572. The van der Waals surface area contributed by atoms with E-state index >= 15 is 0 Å². The van der Waals surface area contributed by atoms with Gasteiger partial charge >= 0.3 is 12.1 Å². The van der Waals surface area contributed by atoms with Crippen molar-refractivity contribution in [3.8, 4) is 0 Å². The van der Waals surface area contributed by atoms with Gasteiger partial charge < -0.3 is 15.2 Å². The molecule has 0 saturated carbocycles. The third-order valence-electron chi connectivity index (χ3n) is 2.83. The van der Waals surface area contributed by atoms with E-state index in [0.29, 0.717) is 0 Å². The van der Waals surface area contributed by atoms with E-state index in [1.165, 1.54) is 24.3 Å². The summed E-state index contributed by atoms with van der Waals surface area (Å²) in [6, 6.07) is 3.28. The van der Waals surface area contributed by atoms with Crippen LogP contribution in [0, 0.1) is 0 Å². The Labute approximate surface area is 130 Å². The molecule has 126 valence electrons. The van der Waals surface area contributed by atoms with Gasteiger partial charge in [-0.05, 0) is 11.6 Å². The largest absolute Gasteiger partial charge is 0.480 e. The van der Waals surface area contributed by atoms with E-state index < -0.39 is 36.1 Å². The Hall–Kier alpha value is -2.35. The van der Waals surface area contributed by atoms with Gasteiger partial charge in [-0.3, -0.25) is 4.79 Å². The second kappa shape index (κ2) is 8.33. The average Bonchev–Trinajstić information content (AvgIpc) is 2.45. The van der Waals surface area contributed by atoms with Crippen molar-refractivity contribution in [1.29, 1.82) is 0 Å². The number of carboxylic acid groups (broad SMARTS) is 1. The molecule has 0 aliphatic heterocycles. The first-order valence-electron chi connectivity index (χ1n) is 6.61. The Morgan fingerprint density at radius 2 is 2.00 bits per heavy atom. The number of alkyl halides is 3. The molecule has 1 aromatic carbocycles. The van der Waals surface area contributed by atoms with Gasteiger partial charge in [-0.25, -0.2) is 4.79 Å². The van der Waals surface area contributed by atoms with Gasteiger partial charge in [0.05, 0.1) is 25.2 Å². The maximum Gasteiger partial charge on any atom is 0.416 e. The van der Waals surface area contributed by atoms with Crippen LogP contribution in [-0.2, 0) is 26.9 Å². The molecular formula is C15H16F3NO4. The van der Waals surface area contributed by atoms with Crippen LogP contribution in [0.1, 0.15) is 11.1 Å². The van der Waals surface area contributed by atoms with Crippen molar-refractivity contribution in [2.75, 3.05) is 13.2 Å². The highest BCUT2D eigenvalue weighted by Crippen LogP contribution is 2.31. The highest BCUT2D eigenvalue weighted by Gasteiger charge is 2.33. The molecule has 0 aliphatic carbocycles. The molecule has 1 aromatic rings. The third kappa shape index (κ3) is 6.11. The molecule has 0 fully saturated rings. The van der Waals surface area contributed by atoms with Gasteiger partial charge in [0.15, 0.2) is 6.04 Å². The number of ether oxygens (including phenoxy) is 1. The minimum atomic E-state index is -4.59. The van der Waals surface area contributed by atoms with Gasteiger partial charge in [-0.1, -0.05) is 24.3 Å². The molecule has 0 spiro atoms. The van der Waals surface area contributed by atoms with E-state index in [0.717, 1.165) is 6.07 Å². The third-order valence-corrected chi connectivity index (χ3v) is 2.83. The minimum Gasteiger partial charge on any atom is -0.480 e. The number of nitrogens with one attached hydrogen (secondary N) is 1. The summed E-state index contributed by atoms with van der Waals surface area (Å²) in [6.07, 6.45) is -3.77. The molecule has 0 aromatic heterocycles. The van der Waals surface area contributed by atoms with Crippen molar-refractivity contribution in [3.05, 3.63) is 48.0 Å². The number of aliphatic carboxylic acids is 1. The first-order valence-corrected chi connectivity index (χ1v) is 6.61. The fourth-order valence-corrected chi connectivity index (χ4v) is 1.81. The Balaban J connectivity index is 2.75. The number of carbonyl (C=O) groups excluding carboxylic acids is 1. The summed E-state index contributed by atoms with van der Waals surface area (Å²) in [5.41, 5.74) is -1.15. The topological polar surface area (TPSA) is 75.6 Å². The van der Waals surface area contributed by atoms with Gasteiger partial charge in [0.2, 0.25) is 5.91 Å². The summed E-state index contributed by atoms with van der Waals surface area (Å²) < 4.78 is 43.5. The number of benzene rings is 1. The van der Waals surface area contributed by atoms with Crippen LogP contribution in [0.4, 0.5) is 13.2 Å². The maximum absolute atomic E-state index is 12.8. The maximum atomic E-state index is 12.8. The molecule has 23 heavy (non-hydrogen) atoms. The fourth-order valence-electron chi connectivity index (χ4n) is 1.81. The molecule has 1 amide bonds. The van der Waals surface area contributed by atoms with E-state index in [4.69, 9.17) is 9.84 Å². The highest BCUT2D eigenvalue weighted by atomic mass is 19.4. The van der Waals surface area contributed by atoms with Gasteiger partial charge in [0, 0.05) is 0 Å². The zero-order chi connectivity index (χ0) is 17.5. The smallest absolute Gasteiger partial charge is 0.416 e. The number of carbonyl (C=O) groups is 2. The molecule has 0 bridgehead atoms. The molecule has 8 heteroatoms. The van der Waals surface area contributed by atoms with Crippen LogP contribution in [0.3, 0.4) is 0 Å². The summed E-state index contributed by atoms with van der Waals surface area (Å²) in [4.78, 5) is 22.8. The number of hydrogen-bond donors (Lipinski definition) is 2. The molecule has 0 heterocycles. The predicted molar refractivity (Wildman–Crippen MR) is 75.7 cm³/mol. The first-order chi connectivity index (χ1) is 10.8.